The molecule has 2 amide bonds. The third-order valence-corrected chi connectivity index (χ3v) is 6.50. The molecule has 1 aliphatic rings. The molecule has 2 aromatic carbocycles. The number of nitrogens with one attached hydrogen (secondary N) is 1. The zero-order valence-corrected chi connectivity index (χ0v) is 16.8. The van der Waals surface area contributed by atoms with Gasteiger partial charge in [-0.05, 0) is 29.6 Å². The van der Waals surface area contributed by atoms with Crippen LogP contribution in [0.15, 0.2) is 66.0 Å². The minimum absolute atomic E-state index is 0.0129. The summed E-state index contributed by atoms with van der Waals surface area (Å²) in [6, 6.07) is 18.7. The summed E-state index contributed by atoms with van der Waals surface area (Å²) in [5.74, 6) is 0.874. The monoisotopic (exact) mass is 410 g/mol. The molecule has 1 aliphatic heterocycles. The number of thiophene rings is 1. The number of nitrogens with zero attached hydrogens (tertiary/aromatic N) is 1. The number of methoxy groups -OCH3 is 1. The Morgan fingerprint density at radius 1 is 1.11 bits per heavy atom. The van der Waals surface area contributed by atoms with Crippen LogP contribution in [0.5, 0.6) is 5.75 Å². The summed E-state index contributed by atoms with van der Waals surface area (Å²) in [6.07, 6.45) is 0. The number of thioether (sulfide) groups is 1. The summed E-state index contributed by atoms with van der Waals surface area (Å²) in [7, 11) is 1.59. The lowest BCUT2D eigenvalue weighted by atomic mass is 10.1. The van der Waals surface area contributed by atoms with Crippen molar-refractivity contribution >= 4 is 46.3 Å². The number of carbonyl (C=O) groups is 2. The molecule has 7 heteroatoms. The first kappa shape index (κ1) is 18.6. The topological polar surface area (TPSA) is 58.6 Å². The zero-order valence-electron chi connectivity index (χ0n) is 15.1. The van der Waals surface area contributed by atoms with E-state index in [-0.39, 0.29) is 17.2 Å². The van der Waals surface area contributed by atoms with Crippen molar-refractivity contribution < 1.29 is 14.3 Å². The standard InChI is InChI=1S/C21H18N2O3S2/c1-26-17-10-5-4-9-16(17)23-19(24)13-28-21(23)14-7-2-3-8-15(14)22-20(25)18-11-6-12-27-18/h2-12,21H,13H2,1H3,(H,22,25)/t21-/m0/s1. The lowest BCUT2D eigenvalue weighted by Crippen LogP contribution is -2.29. The molecule has 142 valence electrons. The maximum Gasteiger partial charge on any atom is 0.265 e. The SMILES string of the molecule is COc1ccccc1N1C(=O)CS[C@H]1c1ccccc1NC(=O)c1cccs1. The van der Waals surface area contributed by atoms with Crippen molar-refractivity contribution in [2.75, 3.05) is 23.1 Å². The highest BCUT2D eigenvalue weighted by molar-refractivity contribution is 8.00. The van der Waals surface area contributed by atoms with E-state index in [4.69, 9.17) is 4.74 Å². The number of benzene rings is 2. The quantitative estimate of drug-likeness (QED) is 0.657. The van der Waals surface area contributed by atoms with E-state index in [0.29, 0.717) is 22.1 Å². The van der Waals surface area contributed by atoms with Crippen molar-refractivity contribution in [3.05, 3.63) is 76.5 Å². The van der Waals surface area contributed by atoms with Crippen LogP contribution in [0.4, 0.5) is 11.4 Å². The van der Waals surface area contributed by atoms with E-state index in [1.54, 1.807) is 18.1 Å². The Morgan fingerprint density at radius 2 is 1.89 bits per heavy atom. The molecule has 1 fully saturated rings. The van der Waals surface area contributed by atoms with E-state index in [1.807, 2.05) is 60.0 Å². The van der Waals surface area contributed by atoms with Gasteiger partial charge < -0.3 is 10.1 Å². The summed E-state index contributed by atoms with van der Waals surface area (Å²) < 4.78 is 5.46. The predicted molar refractivity (Wildman–Crippen MR) is 114 cm³/mol. The molecule has 0 spiro atoms. The van der Waals surface area contributed by atoms with Crippen LogP contribution in [0.2, 0.25) is 0 Å². The molecule has 0 radical (unpaired) electrons. The number of hydrogen-bond donors (Lipinski definition) is 1. The van der Waals surface area contributed by atoms with Gasteiger partial charge in [0.15, 0.2) is 0 Å². The highest BCUT2D eigenvalue weighted by Crippen LogP contribution is 2.46. The highest BCUT2D eigenvalue weighted by Gasteiger charge is 2.36. The van der Waals surface area contributed by atoms with Gasteiger partial charge in [0.1, 0.15) is 11.1 Å². The molecule has 5 nitrogen and oxygen atoms in total. The molecule has 0 unspecified atom stereocenters. The molecule has 0 aliphatic carbocycles. The number of amides is 2. The number of hydrogen-bond acceptors (Lipinski definition) is 5. The Labute approximate surface area is 171 Å². The van der Waals surface area contributed by atoms with E-state index in [1.165, 1.54) is 23.1 Å². The van der Waals surface area contributed by atoms with Crippen LogP contribution in [0.1, 0.15) is 20.6 Å². The number of ether oxygens (including phenoxy) is 1. The minimum Gasteiger partial charge on any atom is -0.495 e. The number of para-hydroxylation sites is 3. The predicted octanol–water partition coefficient (Wildman–Crippen LogP) is 4.79. The van der Waals surface area contributed by atoms with Crippen LogP contribution < -0.4 is 15.0 Å². The van der Waals surface area contributed by atoms with Crippen molar-refractivity contribution in [1.82, 2.24) is 0 Å². The molecule has 1 atom stereocenters. The third-order valence-electron chi connectivity index (χ3n) is 4.43. The molecule has 28 heavy (non-hydrogen) atoms. The van der Waals surface area contributed by atoms with Gasteiger partial charge in [-0.25, -0.2) is 0 Å². The van der Waals surface area contributed by atoms with Crippen molar-refractivity contribution in [1.29, 1.82) is 0 Å². The molecular weight excluding hydrogens is 392 g/mol. The van der Waals surface area contributed by atoms with E-state index in [9.17, 15) is 9.59 Å². The molecular formula is C21H18N2O3S2. The molecule has 4 rings (SSSR count). The minimum atomic E-state index is -0.247. The fourth-order valence-electron chi connectivity index (χ4n) is 3.16. The Balaban J connectivity index is 1.70. The average molecular weight is 411 g/mol. The first-order valence-corrected chi connectivity index (χ1v) is 10.6. The summed E-state index contributed by atoms with van der Waals surface area (Å²) in [6.45, 7) is 0. The Morgan fingerprint density at radius 3 is 2.68 bits per heavy atom. The number of carbonyl (C=O) groups excluding carboxylic acids is 2. The van der Waals surface area contributed by atoms with E-state index < -0.39 is 0 Å². The van der Waals surface area contributed by atoms with Crippen LogP contribution in [0.3, 0.4) is 0 Å². The largest absolute Gasteiger partial charge is 0.495 e. The second kappa shape index (κ2) is 8.08. The zero-order chi connectivity index (χ0) is 19.5. The van der Waals surface area contributed by atoms with Crippen LogP contribution in [0, 0.1) is 0 Å². The molecule has 0 saturated carbocycles. The maximum atomic E-state index is 12.7. The molecule has 1 aromatic heterocycles. The number of anilines is 2. The molecule has 1 saturated heterocycles. The maximum absolute atomic E-state index is 12.7. The smallest absolute Gasteiger partial charge is 0.265 e. The van der Waals surface area contributed by atoms with E-state index in [0.717, 1.165) is 11.3 Å². The van der Waals surface area contributed by atoms with Crippen molar-refractivity contribution in [3.8, 4) is 5.75 Å². The molecule has 1 N–H and O–H groups in total. The van der Waals surface area contributed by atoms with Gasteiger partial charge in [0.25, 0.3) is 5.91 Å². The lowest BCUT2D eigenvalue weighted by Gasteiger charge is -2.27. The van der Waals surface area contributed by atoms with Gasteiger partial charge in [-0.1, -0.05) is 36.4 Å². The van der Waals surface area contributed by atoms with Crippen LogP contribution in [-0.2, 0) is 4.79 Å². The van der Waals surface area contributed by atoms with Crippen LogP contribution in [-0.4, -0.2) is 24.7 Å². The van der Waals surface area contributed by atoms with Crippen LogP contribution in [0.25, 0.3) is 0 Å². The summed E-state index contributed by atoms with van der Waals surface area (Å²) in [4.78, 5) is 27.7. The fourth-order valence-corrected chi connectivity index (χ4v) is 4.99. The third kappa shape index (κ3) is 3.50. The first-order valence-electron chi connectivity index (χ1n) is 8.69. The Hall–Kier alpha value is -2.77. The summed E-state index contributed by atoms with van der Waals surface area (Å²) >= 11 is 2.93. The average Bonchev–Trinajstić information content (AvgIpc) is 3.38. The summed E-state index contributed by atoms with van der Waals surface area (Å²) in [5, 5.41) is 4.62. The Kier molecular flexibility index (Phi) is 5.36. The second-order valence-corrected chi connectivity index (χ2v) is 8.13. The normalized spacial score (nSPS) is 16.2. The Bertz CT molecular complexity index is 1000. The fraction of sp³-hybridized carbons (Fsp3) is 0.143. The van der Waals surface area contributed by atoms with Gasteiger partial charge in [-0.3, -0.25) is 14.5 Å². The van der Waals surface area contributed by atoms with Crippen LogP contribution >= 0.6 is 23.1 Å². The highest BCUT2D eigenvalue weighted by atomic mass is 32.2. The van der Waals surface area contributed by atoms with E-state index >= 15 is 0 Å². The van der Waals surface area contributed by atoms with Gasteiger partial charge in [-0.15, -0.1) is 23.1 Å². The van der Waals surface area contributed by atoms with Gasteiger partial charge in [0.05, 0.1) is 23.4 Å². The lowest BCUT2D eigenvalue weighted by molar-refractivity contribution is -0.115. The number of rotatable bonds is 5. The van der Waals surface area contributed by atoms with Crippen molar-refractivity contribution in [2.45, 2.75) is 5.37 Å². The van der Waals surface area contributed by atoms with Gasteiger partial charge >= 0.3 is 0 Å². The molecule has 3 aromatic rings. The van der Waals surface area contributed by atoms with Crippen molar-refractivity contribution in [2.24, 2.45) is 0 Å². The van der Waals surface area contributed by atoms with Crippen molar-refractivity contribution in [3.63, 3.8) is 0 Å². The van der Waals surface area contributed by atoms with Gasteiger partial charge in [-0.2, -0.15) is 0 Å². The first-order chi connectivity index (χ1) is 13.7. The molecule has 0 bridgehead atoms. The van der Waals surface area contributed by atoms with E-state index in [2.05, 4.69) is 5.32 Å². The van der Waals surface area contributed by atoms with Gasteiger partial charge in [0.2, 0.25) is 5.91 Å². The molecule has 2 heterocycles. The summed E-state index contributed by atoms with van der Waals surface area (Å²) in [5.41, 5.74) is 2.31. The van der Waals surface area contributed by atoms with Gasteiger partial charge in [0, 0.05) is 11.3 Å². The second-order valence-electron chi connectivity index (χ2n) is 6.12.